The number of nitrogens with one attached hydrogen (secondary N) is 1. The molecule has 144 valence electrons. The highest BCUT2D eigenvalue weighted by Crippen LogP contribution is 2.29. The van der Waals surface area contributed by atoms with E-state index in [2.05, 4.69) is 35.5 Å². The number of hydrogen-bond donors (Lipinski definition) is 1. The fraction of sp³-hybridized carbons (Fsp3) is 0.450. The standard InChI is InChI=1S/C20H27F3N2O/c1-5-8-11-18(16(9-6-2)10-7-3)15(4)25-17-12-13-19(24-14-17)26-20(21,22)23/h5,8,11-14,16,25H,4,6-7,9-10H2,1-3H3/b8-5-,18-11+. The molecule has 1 aromatic heterocycles. The van der Waals surface area contributed by atoms with Crippen LogP contribution in [-0.4, -0.2) is 11.3 Å². The van der Waals surface area contributed by atoms with Crippen molar-refractivity contribution in [3.8, 4) is 5.88 Å². The molecule has 0 amide bonds. The van der Waals surface area contributed by atoms with Crippen molar-refractivity contribution in [1.82, 2.24) is 4.98 Å². The Kier molecular flexibility index (Phi) is 8.96. The van der Waals surface area contributed by atoms with Crippen molar-refractivity contribution in [3.05, 3.63) is 54.4 Å². The number of aromatic nitrogens is 1. The first-order chi connectivity index (χ1) is 12.3. The minimum absolute atomic E-state index is 0.377. The molecule has 26 heavy (non-hydrogen) atoms. The summed E-state index contributed by atoms with van der Waals surface area (Å²) in [5.74, 6) is -0.116. The highest BCUT2D eigenvalue weighted by Gasteiger charge is 2.31. The molecule has 6 heteroatoms. The molecule has 0 unspecified atom stereocenters. The quantitative estimate of drug-likeness (QED) is 0.471. The fourth-order valence-electron chi connectivity index (χ4n) is 2.71. The third kappa shape index (κ3) is 7.76. The molecule has 0 atom stereocenters. The highest BCUT2D eigenvalue weighted by atomic mass is 19.4. The summed E-state index contributed by atoms with van der Waals surface area (Å²) in [6.07, 6.45) is 6.75. The monoisotopic (exact) mass is 368 g/mol. The van der Waals surface area contributed by atoms with Crippen molar-refractivity contribution in [3.63, 3.8) is 0 Å². The number of allylic oxidation sites excluding steroid dienone is 4. The van der Waals surface area contributed by atoms with Gasteiger partial charge in [-0.3, -0.25) is 0 Å². The Balaban J connectivity index is 2.92. The number of nitrogens with zero attached hydrogens (tertiary/aromatic N) is 1. The minimum Gasteiger partial charge on any atom is -0.388 e. The van der Waals surface area contributed by atoms with E-state index in [0.717, 1.165) is 37.0 Å². The van der Waals surface area contributed by atoms with Crippen molar-refractivity contribution < 1.29 is 17.9 Å². The largest absolute Gasteiger partial charge is 0.574 e. The summed E-state index contributed by atoms with van der Waals surface area (Å²) in [5.41, 5.74) is 2.38. The fourth-order valence-corrected chi connectivity index (χ4v) is 2.71. The van der Waals surface area contributed by atoms with Gasteiger partial charge in [0.1, 0.15) is 0 Å². The van der Waals surface area contributed by atoms with Crippen LogP contribution in [0.1, 0.15) is 46.5 Å². The topological polar surface area (TPSA) is 34.1 Å². The number of pyridine rings is 1. The lowest BCUT2D eigenvalue weighted by Crippen LogP contribution is -2.18. The van der Waals surface area contributed by atoms with Crippen molar-refractivity contribution in [1.29, 1.82) is 0 Å². The van der Waals surface area contributed by atoms with Crippen molar-refractivity contribution in [2.24, 2.45) is 5.92 Å². The van der Waals surface area contributed by atoms with Crippen molar-refractivity contribution in [2.45, 2.75) is 52.8 Å². The average molecular weight is 368 g/mol. The van der Waals surface area contributed by atoms with E-state index < -0.39 is 12.2 Å². The molecule has 1 aromatic rings. The zero-order valence-electron chi connectivity index (χ0n) is 15.6. The maximum absolute atomic E-state index is 12.2. The molecule has 0 fully saturated rings. The molecular formula is C20H27F3N2O. The van der Waals surface area contributed by atoms with E-state index in [1.165, 1.54) is 18.3 Å². The minimum atomic E-state index is -4.75. The van der Waals surface area contributed by atoms with Crippen LogP contribution >= 0.6 is 0 Å². The first-order valence-corrected chi connectivity index (χ1v) is 8.81. The Bertz CT molecular complexity index is 613. The Hall–Kier alpha value is -2.24. The molecule has 0 aliphatic heterocycles. The number of rotatable bonds is 10. The third-order valence-electron chi connectivity index (χ3n) is 3.78. The maximum Gasteiger partial charge on any atom is 0.574 e. The SMILES string of the molecule is C=C(Nc1ccc(OC(F)(F)F)nc1)/C(=C\C=C/C)C(CCC)CCC. The van der Waals surface area contributed by atoms with Gasteiger partial charge in [0, 0.05) is 11.8 Å². The van der Waals surface area contributed by atoms with Crippen LogP contribution in [0.15, 0.2) is 54.4 Å². The molecule has 1 rings (SSSR count). The molecule has 0 aromatic carbocycles. The van der Waals surface area contributed by atoms with Crippen LogP contribution in [0.5, 0.6) is 5.88 Å². The molecule has 1 heterocycles. The van der Waals surface area contributed by atoms with Crippen LogP contribution in [0.3, 0.4) is 0 Å². The van der Waals surface area contributed by atoms with Gasteiger partial charge < -0.3 is 10.1 Å². The molecular weight excluding hydrogens is 341 g/mol. The maximum atomic E-state index is 12.2. The zero-order valence-corrected chi connectivity index (χ0v) is 15.6. The molecule has 0 radical (unpaired) electrons. The molecule has 0 bridgehead atoms. The molecule has 1 N–H and O–H groups in total. The Morgan fingerprint density at radius 3 is 2.38 bits per heavy atom. The summed E-state index contributed by atoms with van der Waals surface area (Å²) in [6.45, 7) is 10.4. The van der Waals surface area contributed by atoms with Gasteiger partial charge in [-0.15, -0.1) is 13.2 Å². The third-order valence-corrected chi connectivity index (χ3v) is 3.78. The van der Waals surface area contributed by atoms with Crippen molar-refractivity contribution >= 4 is 5.69 Å². The molecule has 0 spiro atoms. The predicted molar refractivity (Wildman–Crippen MR) is 99.9 cm³/mol. The second-order valence-corrected chi connectivity index (χ2v) is 5.96. The summed E-state index contributed by atoms with van der Waals surface area (Å²) in [7, 11) is 0. The number of ether oxygens (including phenoxy) is 1. The lowest BCUT2D eigenvalue weighted by atomic mass is 9.88. The van der Waals surface area contributed by atoms with Gasteiger partial charge in [-0.05, 0) is 37.3 Å². The summed E-state index contributed by atoms with van der Waals surface area (Å²) < 4.78 is 40.4. The van der Waals surface area contributed by atoms with E-state index in [1.807, 2.05) is 25.2 Å². The molecule has 0 aliphatic rings. The van der Waals surface area contributed by atoms with Crippen LogP contribution in [0.25, 0.3) is 0 Å². The van der Waals surface area contributed by atoms with Crippen LogP contribution in [-0.2, 0) is 0 Å². The first-order valence-electron chi connectivity index (χ1n) is 8.81. The van der Waals surface area contributed by atoms with Gasteiger partial charge in [-0.1, -0.05) is 51.5 Å². The smallest absolute Gasteiger partial charge is 0.388 e. The number of anilines is 1. The second kappa shape index (κ2) is 10.7. The van der Waals surface area contributed by atoms with E-state index in [-0.39, 0.29) is 0 Å². The summed E-state index contributed by atoms with van der Waals surface area (Å²) in [6, 6.07) is 2.66. The van der Waals surface area contributed by atoms with Gasteiger partial charge in [0.25, 0.3) is 0 Å². The van der Waals surface area contributed by atoms with E-state index in [0.29, 0.717) is 11.6 Å². The van der Waals surface area contributed by atoms with Crippen LogP contribution < -0.4 is 10.1 Å². The van der Waals surface area contributed by atoms with Crippen LogP contribution in [0, 0.1) is 5.92 Å². The lowest BCUT2D eigenvalue weighted by molar-refractivity contribution is -0.276. The number of alkyl halides is 3. The highest BCUT2D eigenvalue weighted by molar-refractivity contribution is 5.52. The van der Waals surface area contributed by atoms with Gasteiger partial charge in [0.05, 0.1) is 11.9 Å². The van der Waals surface area contributed by atoms with Gasteiger partial charge in [0.15, 0.2) is 0 Å². The van der Waals surface area contributed by atoms with Crippen LogP contribution in [0.2, 0.25) is 0 Å². The van der Waals surface area contributed by atoms with E-state index in [9.17, 15) is 13.2 Å². The summed E-state index contributed by atoms with van der Waals surface area (Å²) in [5, 5.41) is 3.14. The lowest BCUT2D eigenvalue weighted by Gasteiger charge is -2.22. The Morgan fingerprint density at radius 2 is 1.92 bits per heavy atom. The van der Waals surface area contributed by atoms with E-state index in [4.69, 9.17) is 0 Å². The first kappa shape index (κ1) is 21.8. The van der Waals surface area contributed by atoms with Gasteiger partial charge in [-0.2, -0.15) is 0 Å². The summed E-state index contributed by atoms with van der Waals surface area (Å²) >= 11 is 0. The van der Waals surface area contributed by atoms with E-state index >= 15 is 0 Å². The second-order valence-electron chi connectivity index (χ2n) is 5.96. The molecule has 0 aliphatic carbocycles. The van der Waals surface area contributed by atoms with E-state index in [1.54, 1.807) is 0 Å². The van der Waals surface area contributed by atoms with Gasteiger partial charge >= 0.3 is 6.36 Å². The Morgan fingerprint density at radius 1 is 1.27 bits per heavy atom. The zero-order chi connectivity index (χ0) is 19.6. The number of halogens is 3. The molecule has 0 saturated carbocycles. The summed E-state index contributed by atoms with van der Waals surface area (Å²) in [4.78, 5) is 3.68. The normalized spacial score (nSPS) is 12.7. The van der Waals surface area contributed by atoms with Gasteiger partial charge in [0.2, 0.25) is 5.88 Å². The molecule has 3 nitrogen and oxygen atoms in total. The molecule has 0 saturated heterocycles. The average Bonchev–Trinajstić information content (AvgIpc) is 2.56. The number of hydrogen-bond acceptors (Lipinski definition) is 3. The van der Waals surface area contributed by atoms with Crippen LogP contribution in [0.4, 0.5) is 18.9 Å². The Labute approximate surface area is 153 Å². The van der Waals surface area contributed by atoms with Crippen molar-refractivity contribution in [2.75, 3.05) is 5.32 Å². The predicted octanol–water partition coefficient (Wildman–Crippen LogP) is 6.62. The van der Waals surface area contributed by atoms with Gasteiger partial charge in [-0.25, -0.2) is 4.98 Å².